The molecule has 0 spiro atoms. The Kier molecular flexibility index (Phi) is 5.33. The van der Waals surface area contributed by atoms with Crippen LogP contribution in [0.4, 0.5) is 0 Å². The van der Waals surface area contributed by atoms with Gasteiger partial charge in [0.2, 0.25) is 5.78 Å². The SMILES string of the molecule is C[NH+](Cc1ccccc1)Cc1c([O-])ccc2c1O/C(=C\c1cc3cc(Br)ccc3o1)C2=O. The van der Waals surface area contributed by atoms with Gasteiger partial charge in [-0.25, -0.2) is 0 Å². The molecule has 1 aliphatic rings. The summed E-state index contributed by atoms with van der Waals surface area (Å²) in [6.45, 7) is 1.21. The summed E-state index contributed by atoms with van der Waals surface area (Å²) in [5.41, 5.74) is 2.83. The highest BCUT2D eigenvalue weighted by molar-refractivity contribution is 9.10. The minimum atomic E-state index is -0.247. The van der Waals surface area contributed by atoms with Crippen LogP contribution in [0.25, 0.3) is 17.0 Å². The lowest BCUT2D eigenvalue weighted by atomic mass is 10.0. The summed E-state index contributed by atoms with van der Waals surface area (Å²) in [5, 5.41) is 13.6. The highest BCUT2D eigenvalue weighted by Crippen LogP contribution is 2.38. The van der Waals surface area contributed by atoms with Crippen LogP contribution >= 0.6 is 15.9 Å². The number of ether oxygens (including phenoxy) is 1. The fourth-order valence-electron chi connectivity index (χ4n) is 4.00. The lowest BCUT2D eigenvalue weighted by Gasteiger charge is -2.20. The van der Waals surface area contributed by atoms with Gasteiger partial charge in [0.25, 0.3) is 0 Å². The summed E-state index contributed by atoms with van der Waals surface area (Å²) in [7, 11) is 2.02. The molecule has 5 nitrogen and oxygen atoms in total. The van der Waals surface area contributed by atoms with Crippen molar-refractivity contribution in [2.75, 3.05) is 7.05 Å². The van der Waals surface area contributed by atoms with Gasteiger partial charge in [0.1, 0.15) is 30.2 Å². The fraction of sp³-hybridized carbons (Fsp3) is 0.115. The van der Waals surface area contributed by atoms with Crippen molar-refractivity contribution in [1.82, 2.24) is 0 Å². The Hall–Kier alpha value is -3.35. The monoisotopic (exact) mass is 489 g/mol. The molecule has 0 saturated heterocycles. The summed E-state index contributed by atoms with van der Waals surface area (Å²) in [6, 6.07) is 20.6. The maximum absolute atomic E-state index is 13.0. The van der Waals surface area contributed by atoms with Gasteiger partial charge in [0.15, 0.2) is 5.76 Å². The third-order valence-electron chi connectivity index (χ3n) is 5.50. The molecule has 4 aromatic rings. The van der Waals surface area contributed by atoms with Crippen molar-refractivity contribution in [3.63, 3.8) is 0 Å². The first-order valence-electron chi connectivity index (χ1n) is 10.3. The van der Waals surface area contributed by atoms with Gasteiger partial charge < -0.3 is 19.2 Å². The number of rotatable bonds is 5. The van der Waals surface area contributed by atoms with Crippen LogP contribution < -0.4 is 14.7 Å². The molecule has 0 radical (unpaired) electrons. The lowest BCUT2D eigenvalue weighted by molar-refractivity contribution is -0.907. The number of hydrogen-bond acceptors (Lipinski definition) is 4. The molecule has 1 aromatic heterocycles. The number of quaternary nitrogens is 1. The van der Waals surface area contributed by atoms with E-state index in [4.69, 9.17) is 9.15 Å². The van der Waals surface area contributed by atoms with Gasteiger partial charge >= 0.3 is 0 Å². The summed E-state index contributed by atoms with van der Waals surface area (Å²) in [6.07, 6.45) is 1.59. The van der Waals surface area contributed by atoms with Gasteiger partial charge in [-0.3, -0.25) is 4.79 Å². The van der Waals surface area contributed by atoms with Gasteiger partial charge in [-0.15, -0.1) is 0 Å². The fourth-order valence-corrected chi connectivity index (χ4v) is 4.38. The van der Waals surface area contributed by atoms with E-state index in [0.29, 0.717) is 29.2 Å². The summed E-state index contributed by atoms with van der Waals surface area (Å²) in [5.74, 6) is 0.665. The second kappa shape index (κ2) is 8.30. The molecule has 1 unspecified atom stereocenters. The van der Waals surface area contributed by atoms with E-state index in [0.717, 1.165) is 26.9 Å². The van der Waals surface area contributed by atoms with Crippen LogP contribution in [0.5, 0.6) is 11.5 Å². The number of fused-ring (bicyclic) bond motifs is 2. The first kappa shape index (κ1) is 20.5. The predicted molar refractivity (Wildman–Crippen MR) is 123 cm³/mol. The summed E-state index contributed by atoms with van der Waals surface area (Å²) < 4.78 is 12.7. The molecule has 160 valence electrons. The molecule has 5 rings (SSSR count). The number of nitrogens with one attached hydrogen (secondary N) is 1. The number of furan rings is 1. The minimum absolute atomic E-state index is 0.126. The van der Waals surface area contributed by atoms with E-state index in [-0.39, 0.29) is 17.3 Å². The molecule has 1 atom stereocenters. The van der Waals surface area contributed by atoms with Gasteiger partial charge in [-0.2, -0.15) is 0 Å². The Labute approximate surface area is 193 Å². The Morgan fingerprint density at radius 2 is 1.84 bits per heavy atom. The van der Waals surface area contributed by atoms with Crippen molar-refractivity contribution >= 4 is 38.8 Å². The van der Waals surface area contributed by atoms with E-state index < -0.39 is 0 Å². The second-order valence-electron chi connectivity index (χ2n) is 7.99. The number of halogens is 1. The topological polar surface area (TPSA) is 66.9 Å². The van der Waals surface area contributed by atoms with Crippen LogP contribution in [0.15, 0.2) is 81.4 Å². The number of carbonyl (C=O) groups is 1. The lowest BCUT2D eigenvalue weighted by Crippen LogP contribution is -3.06. The van der Waals surface area contributed by atoms with Crippen LogP contribution in [-0.4, -0.2) is 12.8 Å². The average molecular weight is 490 g/mol. The maximum atomic E-state index is 13.0. The second-order valence-corrected chi connectivity index (χ2v) is 8.90. The van der Waals surface area contributed by atoms with Crippen LogP contribution in [-0.2, 0) is 13.1 Å². The van der Waals surface area contributed by atoms with Crippen molar-refractivity contribution in [2.24, 2.45) is 0 Å². The van der Waals surface area contributed by atoms with E-state index in [2.05, 4.69) is 28.1 Å². The summed E-state index contributed by atoms with van der Waals surface area (Å²) in [4.78, 5) is 14.1. The Balaban J connectivity index is 1.43. The minimum Gasteiger partial charge on any atom is -0.872 e. The highest BCUT2D eigenvalue weighted by Gasteiger charge is 2.31. The normalized spacial score (nSPS) is 15.2. The van der Waals surface area contributed by atoms with Crippen molar-refractivity contribution in [2.45, 2.75) is 13.1 Å². The van der Waals surface area contributed by atoms with Gasteiger partial charge in [0, 0.05) is 27.1 Å². The van der Waals surface area contributed by atoms with Gasteiger partial charge in [0.05, 0.1) is 12.6 Å². The predicted octanol–water partition coefficient (Wildman–Crippen LogP) is 4.10. The van der Waals surface area contributed by atoms with Crippen molar-refractivity contribution in [3.05, 3.63) is 99.4 Å². The number of benzene rings is 3. The number of carbonyl (C=O) groups excluding carboxylic acids is 1. The average Bonchev–Trinajstić information content (AvgIpc) is 3.31. The number of allylic oxidation sites excluding steroid dienone is 1. The molecule has 0 fully saturated rings. The molecule has 3 aromatic carbocycles. The Bertz CT molecular complexity index is 1360. The third-order valence-corrected chi connectivity index (χ3v) is 5.99. The van der Waals surface area contributed by atoms with E-state index in [1.807, 2.05) is 49.5 Å². The zero-order valence-corrected chi connectivity index (χ0v) is 18.9. The maximum Gasteiger partial charge on any atom is 0.232 e. The summed E-state index contributed by atoms with van der Waals surface area (Å²) >= 11 is 3.45. The Morgan fingerprint density at radius 3 is 2.66 bits per heavy atom. The van der Waals surface area contributed by atoms with E-state index in [1.54, 1.807) is 12.1 Å². The first-order valence-corrected chi connectivity index (χ1v) is 11.1. The van der Waals surface area contributed by atoms with Gasteiger partial charge in [-0.05, 0) is 30.3 Å². The molecule has 6 heteroatoms. The third kappa shape index (κ3) is 3.95. The van der Waals surface area contributed by atoms with E-state index in [1.165, 1.54) is 11.6 Å². The molecule has 32 heavy (non-hydrogen) atoms. The highest BCUT2D eigenvalue weighted by atomic mass is 79.9. The molecular formula is C26H20BrNO4. The molecule has 0 amide bonds. The van der Waals surface area contributed by atoms with Crippen LogP contribution in [0.2, 0.25) is 0 Å². The largest absolute Gasteiger partial charge is 0.872 e. The molecule has 0 saturated carbocycles. The molecule has 1 aliphatic heterocycles. The van der Waals surface area contributed by atoms with Crippen molar-refractivity contribution < 1.29 is 24.0 Å². The number of hydrogen-bond donors (Lipinski definition) is 1. The standard InChI is InChI=1S/C26H20BrNO4/c1-28(14-16-5-3-2-4-6-16)15-21-22(29)9-8-20-25(30)24(32-26(20)21)13-19-12-17-11-18(27)7-10-23(17)31-19/h2-13,29H,14-15H2,1H3/b24-13-. The van der Waals surface area contributed by atoms with Crippen molar-refractivity contribution in [1.29, 1.82) is 0 Å². The zero-order valence-electron chi connectivity index (χ0n) is 17.4. The number of ketones is 1. The van der Waals surface area contributed by atoms with E-state index in [9.17, 15) is 9.90 Å². The van der Waals surface area contributed by atoms with Crippen LogP contribution in [0.1, 0.15) is 27.2 Å². The Morgan fingerprint density at radius 1 is 1.03 bits per heavy atom. The molecular weight excluding hydrogens is 470 g/mol. The molecule has 0 aliphatic carbocycles. The zero-order chi connectivity index (χ0) is 22.2. The molecule has 0 bridgehead atoms. The van der Waals surface area contributed by atoms with Crippen LogP contribution in [0.3, 0.4) is 0 Å². The number of Topliss-reactive ketones (excluding diaryl/α,β-unsaturated/α-hetero) is 1. The van der Waals surface area contributed by atoms with Gasteiger partial charge in [-0.1, -0.05) is 58.1 Å². The van der Waals surface area contributed by atoms with Crippen LogP contribution in [0, 0.1) is 0 Å². The smallest absolute Gasteiger partial charge is 0.232 e. The van der Waals surface area contributed by atoms with E-state index >= 15 is 0 Å². The molecule has 2 heterocycles. The molecule has 1 N–H and O–H groups in total. The first-order chi connectivity index (χ1) is 15.5. The quantitative estimate of drug-likeness (QED) is 0.428. The van der Waals surface area contributed by atoms with Crippen molar-refractivity contribution in [3.8, 4) is 11.5 Å².